The van der Waals surface area contributed by atoms with E-state index in [4.69, 9.17) is 0 Å². The number of rotatable bonds is 9. The molecule has 0 saturated heterocycles. The molecule has 0 unspecified atom stereocenters. The van der Waals surface area contributed by atoms with Crippen molar-refractivity contribution in [3.8, 4) is 0 Å². The smallest absolute Gasteiger partial charge is 0.261 e. The summed E-state index contributed by atoms with van der Waals surface area (Å²) in [5.74, 6) is -0.234. The molecule has 2 aromatic rings. The molecule has 0 bridgehead atoms. The first kappa shape index (κ1) is 23.4. The number of carbonyl (C=O) groups is 1. The van der Waals surface area contributed by atoms with E-state index in [9.17, 15) is 13.2 Å². The lowest BCUT2D eigenvalue weighted by Gasteiger charge is -2.30. The second-order valence-corrected chi connectivity index (χ2v) is 9.92. The molecule has 1 amide bonds. The molecule has 8 heteroatoms. The fraction of sp³-hybridized carbons (Fsp3) is 0.381. The third-order valence-electron chi connectivity index (χ3n) is 4.48. The van der Waals surface area contributed by atoms with Gasteiger partial charge in [0.15, 0.2) is 0 Å². The van der Waals surface area contributed by atoms with Gasteiger partial charge in [-0.1, -0.05) is 22.0 Å². The summed E-state index contributed by atoms with van der Waals surface area (Å²) in [6.45, 7) is 9.78. The van der Waals surface area contributed by atoms with Crippen LogP contribution in [0.3, 0.4) is 0 Å². The van der Waals surface area contributed by atoms with E-state index in [1.165, 1.54) is 18.2 Å². The van der Waals surface area contributed by atoms with Gasteiger partial charge in [0.2, 0.25) is 0 Å². The zero-order chi connectivity index (χ0) is 21.6. The number of hydrogen-bond acceptors (Lipinski definition) is 4. The molecule has 0 aliphatic carbocycles. The van der Waals surface area contributed by atoms with Crippen LogP contribution in [0.25, 0.3) is 0 Å². The van der Waals surface area contributed by atoms with Crippen LogP contribution in [0.1, 0.15) is 38.1 Å². The van der Waals surface area contributed by atoms with E-state index in [-0.39, 0.29) is 10.8 Å². The minimum atomic E-state index is -3.73. The Morgan fingerprint density at radius 2 is 1.66 bits per heavy atom. The maximum atomic E-state index is 12.5. The number of halogens is 1. The highest BCUT2D eigenvalue weighted by Gasteiger charge is 2.16. The second-order valence-electron chi connectivity index (χ2n) is 7.32. The minimum Gasteiger partial charge on any atom is -0.351 e. The molecule has 0 aliphatic heterocycles. The molecule has 29 heavy (non-hydrogen) atoms. The highest BCUT2D eigenvalue weighted by atomic mass is 79.9. The summed E-state index contributed by atoms with van der Waals surface area (Å²) >= 11 is 3.29. The van der Waals surface area contributed by atoms with E-state index in [2.05, 4.69) is 58.6 Å². The topological polar surface area (TPSA) is 78.5 Å². The Kier molecular flexibility index (Phi) is 8.24. The van der Waals surface area contributed by atoms with Gasteiger partial charge in [0.05, 0.1) is 4.90 Å². The average molecular weight is 482 g/mol. The normalized spacial score (nSPS) is 11.9. The zero-order valence-corrected chi connectivity index (χ0v) is 19.5. The molecule has 0 aromatic heterocycles. The third-order valence-corrected chi connectivity index (χ3v) is 6.41. The van der Waals surface area contributed by atoms with Crippen molar-refractivity contribution in [2.24, 2.45) is 0 Å². The van der Waals surface area contributed by atoms with Crippen molar-refractivity contribution in [1.82, 2.24) is 10.2 Å². The molecule has 0 saturated carbocycles. The molecule has 2 rings (SSSR count). The molecule has 0 fully saturated rings. The summed E-state index contributed by atoms with van der Waals surface area (Å²) < 4.78 is 28.4. The van der Waals surface area contributed by atoms with E-state index >= 15 is 0 Å². The molecule has 6 nitrogen and oxygen atoms in total. The molecule has 0 heterocycles. The van der Waals surface area contributed by atoms with Crippen molar-refractivity contribution in [3.05, 3.63) is 58.6 Å². The largest absolute Gasteiger partial charge is 0.351 e. The predicted octanol–water partition coefficient (Wildman–Crippen LogP) is 4.10. The standard InChI is InChI=1S/C21H28BrN3O3S/c1-15(2)25(16(3)4)13-12-23-21(26)17-6-5-7-19(14-17)24-29(27,28)20-10-8-18(22)9-11-20/h5-11,14-16,24H,12-13H2,1-4H3,(H,23,26). The Labute approximate surface area is 181 Å². The van der Waals surface area contributed by atoms with E-state index < -0.39 is 10.0 Å². The maximum Gasteiger partial charge on any atom is 0.261 e. The van der Waals surface area contributed by atoms with Gasteiger partial charge in [-0.25, -0.2) is 8.42 Å². The van der Waals surface area contributed by atoms with Gasteiger partial charge in [-0.15, -0.1) is 0 Å². The lowest BCUT2D eigenvalue weighted by atomic mass is 10.2. The fourth-order valence-corrected chi connectivity index (χ4v) is 4.38. The van der Waals surface area contributed by atoms with Crippen molar-refractivity contribution in [2.75, 3.05) is 17.8 Å². The molecule has 158 valence electrons. The van der Waals surface area contributed by atoms with Crippen molar-refractivity contribution < 1.29 is 13.2 Å². The number of carbonyl (C=O) groups excluding carboxylic acids is 1. The highest BCUT2D eigenvalue weighted by Crippen LogP contribution is 2.19. The molecule has 0 atom stereocenters. The van der Waals surface area contributed by atoms with Crippen molar-refractivity contribution >= 4 is 37.5 Å². The van der Waals surface area contributed by atoms with Crippen molar-refractivity contribution in [3.63, 3.8) is 0 Å². The van der Waals surface area contributed by atoms with Gasteiger partial charge in [-0.05, 0) is 70.2 Å². The van der Waals surface area contributed by atoms with Gasteiger partial charge in [-0.2, -0.15) is 0 Å². The number of amides is 1. The average Bonchev–Trinajstić information content (AvgIpc) is 2.64. The number of anilines is 1. The Hall–Kier alpha value is -1.90. The van der Waals surface area contributed by atoms with E-state index in [0.29, 0.717) is 29.9 Å². The summed E-state index contributed by atoms with van der Waals surface area (Å²) in [6.07, 6.45) is 0. The molecule has 0 radical (unpaired) electrons. The van der Waals surface area contributed by atoms with Crippen LogP contribution in [0.15, 0.2) is 57.9 Å². The Bertz CT molecular complexity index is 920. The van der Waals surface area contributed by atoms with Crippen LogP contribution in [0, 0.1) is 0 Å². The zero-order valence-electron chi connectivity index (χ0n) is 17.1. The van der Waals surface area contributed by atoms with Crippen LogP contribution in [-0.4, -0.2) is 44.4 Å². The van der Waals surface area contributed by atoms with Crippen molar-refractivity contribution in [2.45, 2.75) is 44.7 Å². The van der Waals surface area contributed by atoms with Crippen LogP contribution in [0.2, 0.25) is 0 Å². The van der Waals surface area contributed by atoms with Gasteiger partial charge in [0.1, 0.15) is 0 Å². The first-order valence-electron chi connectivity index (χ1n) is 9.52. The molecule has 0 aliphatic rings. The van der Waals surface area contributed by atoms with Crippen LogP contribution in [0.4, 0.5) is 5.69 Å². The Morgan fingerprint density at radius 3 is 2.24 bits per heavy atom. The number of hydrogen-bond donors (Lipinski definition) is 2. The Morgan fingerprint density at radius 1 is 1.03 bits per heavy atom. The van der Waals surface area contributed by atoms with Gasteiger partial charge >= 0.3 is 0 Å². The number of nitrogens with one attached hydrogen (secondary N) is 2. The number of benzene rings is 2. The molecule has 2 N–H and O–H groups in total. The van der Waals surface area contributed by atoms with E-state index in [1.807, 2.05) is 0 Å². The summed E-state index contributed by atoms with van der Waals surface area (Å²) in [6, 6.07) is 13.6. The molecular weight excluding hydrogens is 454 g/mol. The lowest BCUT2D eigenvalue weighted by molar-refractivity contribution is 0.0939. The summed E-state index contributed by atoms with van der Waals surface area (Å²) in [5.41, 5.74) is 0.744. The Balaban J connectivity index is 2.03. The quantitative estimate of drug-likeness (QED) is 0.564. The van der Waals surface area contributed by atoms with Gasteiger partial charge in [0, 0.05) is 40.9 Å². The SMILES string of the molecule is CC(C)N(CCNC(=O)c1cccc(NS(=O)(=O)c2ccc(Br)cc2)c1)C(C)C. The van der Waals surface area contributed by atoms with Gasteiger partial charge in [0.25, 0.3) is 15.9 Å². The number of sulfonamides is 1. The monoisotopic (exact) mass is 481 g/mol. The predicted molar refractivity (Wildman–Crippen MR) is 121 cm³/mol. The van der Waals surface area contributed by atoms with Crippen LogP contribution < -0.4 is 10.0 Å². The highest BCUT2D eigenvalue weighted by molar-refractivity contribution is 9.10. The maximum absolute atomic E-state index is 12.5. The minimum absolute atomic E-state index is 0.151. The summed E-state index contributed by atoms with van der Waals surface area (Å²) in [5, 5.41) is 2.90. The number of nitrogens with zero attached hydrogens (tertiary/aromatic N) is 1. The van der Waals surface area contributed by atoms with Crippen LogP contribution in [0.5, 0.6) is 0 Å². The van der Waals surface area contributed by atoms with E-state index in [1.54, 1.807) is 30.3 Å². The third kappa shape index (κ3) is 6.83. The molecule has 0 spiro atoms. The lowest BCUT2D eigenvalue weighted by Crippen LogP contribution is -2.42. The van der Waals surface area contributed by atoms with Crippen molar-refractivity contribution in [1.29, 1.82) is 0 Å². The van der Waals surface area contributed by atoms with Gasteiger partial charge in [-0.3, -0.25) is 14.4 Å². The summed E-state index contributed by atoms with van der Waals surface area (Å²) in [4.78, 5) is 14.9. The second kappa shape index (κ2) is 10.2. The van der Waals surface area contributed by atoms with E-state index in [0.717, 1.165) is 11.0 Å². The van der Waals surface area contributed by atoms with Crippen LogP contribution >= 0.6 is 15.9 Å². The first-order valence-corrected chi connectivity index (χ1v) is 11.8. The van der Waals surface area contributed by atoms with Crippen LogP contribution in [-0.2, 0) is 10.0 Å². The molecular formula is C21H28BrN3O3S. The fourth-order valence-electron chi connectivity index (χ4n) is 3.07. The van der Waals surface area contributed by atoms with Gasteiger partial charge < -0.3 is 5.32 Å². The molecule has 2 aromatic carbocycles. The first-order chi connectivity index (χ1) is 13.6. The summed E-state index contributed by atoms with van der Waals surface area (Å²) in [7, 11) is -3.73.